The molecule has 0 saturated carbocycles. The Morgan fingerprint density at radius 1 is 0.829 bits per heavy atom. The predicted molar refractivity (Wildman–Crippen MR) is 125 cm³/mol. The highest BCUT2D eigenvalue weighted by Crippen LogP contribution is 2.34. The van der Waals surface area contributed by atoms with Gasteiger partial charge < -0.3 is 4.74 Å². The lowest BCUT2D eigenvalue weighted by molar-refractivity contribution is -0.143. The highest BCUT2D eigenvalue weighted by molar-refractivity contribution is 5.60. The molecule has 3 aromatic carbocycles. The summed E-state index contributed by atoms with van der Waals surface area (Å²) in [5.74, 6) is 1.44. The van der Waals surface area contributed by atoms with E-state index >= 15 is 0 Å². The van der Waals surface area contributed by atoms with E-state index in [1.54, 1.807) is 42.1 Å². The van der Waals surface area contributed by atoms with Crippen molar-refractivity contribution in [1.82, 2.24) is 24.8 Å². The SMILES string of the molecule is CCc1cnn(-c2ccc(-c3cn(-c4ccc(Oc5ccccc5)cc4)nn3)cc2)c1C(F)(F)F. The maximum atomic E-state index is 13.6. The van der Waals surface area contributed by atoms with Gasteiger partial charge in [0.1, 0.15) is 17.2 Å². The van der Waals surface area contributed by atoms with Crippen molar-refractivity contribution in [2.45, 2.75) is 19.5 Å². The van der Waals surface area contributed by atoms with Crippen LogP contribution in [0.2, 0.25) is 0 Å². The second kappa shape index (κ2) is 9.09. The summed E-state index contributed by atoms with van der Waals surface area (Å²) in [6.07, 6.45) is -1.23. The Bertz CT molecular complexity index is 1420. The van der Waals surface area contributed by atoms with Crippen molar-refractivity contribution in [1.29, 1.82) is 0 Å². The number of benzene rings is 3. The zero-order valence-corrected chi connectivity index (χ0v) is 18.6. The minimum atomic E-state index is -4.50. The van der Waals surface area contributed by atoms with E-state index in [-0.39, 0.29) is 12.0 Å². The second-order valence-corrected chi connectivity index (χ2v) is 7.79. The Balaban J connectivity index is 1.35. The molecule has 6 nitrogen and oxygen atoms in total. The number of aryl methyl sites for hydroxylation is 1. The molecule has 35 heavy (non-hydrogen) atoms. The van der Waals surface area contributed by atoms with E-state index < -0.39 is 11.9 Å². The number of hydrogen-bond acceptors (Lipinski definition) is 4. The van der Waals surface area contributed by atoms with Gasteiger partial charge in [-0.2, -0.15) is 18.3 Å². The standard InChI is InChI=1S/C26H20F3N5O/c1-2-18-16-30-34(25(18)26(27,28)29)21-10-8-19(9-11-21)24-17-33(32-31-24)20-12-14-23(15-13-20)35-22-6-4-3-5-7-22/h3-17H,2H2,1H3. The van der Waals surface area contributed by atoms with E-state index in [1.807, 2.05) is 54.6 Å². The van der Waals surface area contributed by atoms with Gasteiger partial charge in [-0.05, 0) is 55.0 Å². The van der Waals surface area contributed by atoms with Gasteiger partial charge in [0, 0.05) is 11.1 Å². The van der Waals surface area contributed by atoms with Crippen LogP contribution >= 0.6 is 0 Å². The van der Waals surface area contributed by atoms with Crippen LogP contribution in [0.3, 0.4) is 0 Å². The van der Waals surface area contributed by atoms with E-state index in [0.717, 1.165) is 21.7 Å². The van der Waals surface area contributed by atoms with Crippen molar-refractivity contribution < 1.29 is 17.9 Å². The van der Waals surface area contributed by atoms with Crippen LogP contribution in [0.5, 0.6) is 11.5 Å². The first-order valence-corrected chi connectivity index (χ1v) is 10.9. The van der Waals surface area contributed by atoms with E-state index in [4.69, 9.17) is 4.74 Å². The zero-order chi connectivity index (χ0) is 24.4. The predicted octanol–water partition coefficient (Wildman–Crippen LogP) is 6.49. The highest BCUT2D eigenvalue weighted by Gasteiger charge is 2.38. The van der Waals surface area contributed by atoms with Crippen molar-refractivity contribution in [2.24, 2.45) is 0 Å². The third kappa shape index (κ3) is 4.65. The molecule has 0 N–H and O–H groups in total. The van der Waals surface area contributed by atoms with E-state index in [2.05, 4.69) is 15.4 Å². The molecule has 2 aromatic heterocycles. The van der Waals surface area contributed by atoms with Crippen molar-refractivity contribution >= 4 is 0 Å². The lowest BCUT2D eigenvalue weighted by atomic mass is 10.1. The molecular weight excluding hydrogens is 455 g/mol. The summed E-state index contributed by atoms with van der Waals surface area (Å²) >= 11 is 0. The maximum absolute atomic E-state index is 13.6. The quantitative estimate of drug-likeness (QED) is 0.282. The summed E-state index contributed by atoms with van der Waals surface area (Å²) in [4.78, 5) is 0. The number of nitrogens with zero attached hydrogens (tertiary/aromatic N) is 5. The van der Waals surface area contributed by atoms with Crippen LogP contribution in [0.25, 0.3) is 22.6 Å². The summed E-state index contributed by atoms with van der Waals surface area (Å²) in [5.41, 5.74) is 1.83. The fourth-order valence-corrected chi connectivity index (χ4v) is 3.73. The summed E-state index contributed by atoms with van der Waals surface area (Å²) in [7, 11) is 0. The molecule has 176 valence electrons. The van der Waals surface area contributed by atoms with Gasteiger partial charge in [-0.1, -0.05) is 42.5 Å². The molecule has 0 radical (unpaired) electrons. The summed E-state index contributed by atoms with van der Waals surface area (Å²) in [5, 5.41) is 12.3. The van der Waals surface area contributed by atoms with Gasteiger partial charge in [-0.3, -0.25) is 0 Å². The van der Waals surface area contributed by atoms with Crippen molar-refractivity contribution in [2.75, 3.05) is 0 Å². The molecule has 9 heteroatoms. The average Bonchev–Trinajstić information content (AvgIpc) is 3.53. The number of hydrogen-bond donors (Lipinski definition) is 0. The fraction of sp³-hybridized carbons (Fsp3) is 0.115. The lowest BCUT2D eigenvalue weighted by Crippen LogP contribution is -2.15. The van der Waals surface area contributed by atoms with E-state index in [1.165, 1.54) is 6.20 Å². The van der Waals surface area contributed by atoms with Gasteiger partial charge in [0.15, 0.2) is 5.69 Å². The normalized spacial score (nSPS) is 11.5. The van der Waals surface area contributed by atoms with Crippen LogP contribution in [-0.2, 0) is 12.6 Å². The number of aromatic nitrogens is 5. The maximum Gasteiger partial charge on any atom is 0.433 e. The lowest BCUT2D eigenvalue weighted by Gasteiger charge is -2.12. The van der Waals surface area contributed by atoms with Gasteiger partial charge in [-0.25, -0.2) is 9.36 Å². The third-order valence-corrected chi connectivity index (χ3v) is 5.48. The van der Waals surface area contributed by atoms with E-state index in [0.29, 0.717) is 17.1 Å². The van der Waals surface area contributed by atoms with Gasteiger partial charge in [0.05, 0.1) is 23.8 Å². The number of para-hydroxylation sites is 1. The van der Waals surface area contributed by atoms with Crippen molar-refractivity contribution in [3.8, 4) is 34.1 Å². The van der Waals surface area contributed by atoms with Crippen LogP contribution in [0.15, 0.2) is 91.3 Å². The largest absolute Gasteiger partial charge is 0.457 e. The Morgan fingerprint density at radius 2 is 1.49 bits per heavy atom. The van der Waals surface area contributed by atoms with Gasteiger partial charge in [0.25, 0.3) is 0 Å². The fourth-order valence-electron chi connectivity index (χ4n) is 3.73. The Hall–Kier alpha value is -4.40. The number of halogens is 3. The molecule has 0 bridgehead atoms. The first-order chi connectivity index (χ1) is 16.9. The molecule has 0 unspecified atom stereocenters. The zero-order valence-electron chi connectivity index (χ0n) is 18.6. The third-order valence-electron chi connectivity index (χ3n) is 5.48. The molecule has 0 amide bonds. The number of rotatable bonds is 6. The van der Waals surface area contributed by atoms with Gasteiger partial charge in [0.2, 0.25) is 0 Å². The Kier molecular flexibility index (Phi) is 5.82. The molecule has 5 rings (SSSR count). The molecule has 0 fully saturated rings. The summed E-state index contributed by atoms with van der Waals surface area (Å²) < 4.78 is 49.1. The molecule has 0 aliphatic heterocycles. The summed E-state index contributed by atoms with van der Waals surface area (Å²) in [6.45, 7) is 1.67. The smallest absolute Gasteiger partial charge is 0.433 e. The Morgan fingerprint density at radius 3 is 2.14 bits per heavy atom. The van der Waals surface area contributed by atoms with Gasteiger partial charge >= 0.3 is 6.18 Å². The Labute approximate surface area is 199 Å². The number of alkyl halides is 3. The first-order valence-electron chi connectivity index (χ1n) is 10.9. The van der Waals surface area contributed by atoms with Crippen LogP contribution in [0.1, 0.15) is 18.2 Å². The summed E-state index contributed by atoms with van der Waals surface area (Å²) in [6, 6.07) is 23.5. The highest BCUT2D eigenvalue weighted by atomic mass is 19.4. The molecule has 0 spiro atoms. The molecular formula is C26H20F3N5O. The van der Waals surface area contributed by atoms with Crippen LogP contribution in [0.4, 0.5) is 13.2 Å². The first kappa shape index (κ1) is 22.4. The number of ether oxygens (including phenoxy) is 1. The molecule has 2 heterocycles. The minimum absolute atomic E-state index is 0.157. The van der Waals surface area contributed by atoms with Gasteiger partial charge in [-0.15, -0.1) is 5.10 Å². The molecule has 0 aliphatic rings. The molecule has 0 aliphatic carbocycles. The topological polar surface area (TPSA) is 57.8 Å². The monoisotopic (exact) mass is 475 g/mol. The van der Waals surface area contributed by atoms with E-state index in [9.17, 15) is 13.2 Å². The molecule has 0 atom stereocenters. The van der Waals surface area contributed by atoms with Crippen LogP contribution in [0, 0.1) is 0 Å². The second-order valence-electron chi connectivity index (χ2n) is 7.79. The van der Waals surface area contributed by atoms with Crippen molar-refractivity contribution in [3.05, 3.63) is 103 Å². The van der Waals surface area contributed by atoms with Crippen LogP contribution < -0.4 is 4.74 Å². The minimum Gasteiger partial charge on any atom is -0.457 e. The van der Waals surface area contributed by atoms with Crippen LogP contribution in [-0.4, -0.2) is 24.8 Å². The molecule has 0 saturated heterocycles. The molecule has 5 aromatic rings. The average molecular weight is 475 g/mol. The van der Waals surface area contributed by atoms with Crippen molar-refractivity contribution in [3.63, 3.8) is 0 Å².